The van der Waals surface area contributed by atoms with E-state index >= 15 is 0 Å². The first kappa shape index (κ1) is 15.6. The molecule has 0 spiro atoms. The van der Waals surface area contributed by atoms with Gasteiger partial charge in [0.05, 0.1) is 0 Å². The highest BCUT2D eigenvalue weighted by atomic mass is 16.4. The fourth-order valence-electron chi connectivity index (χ4n) is 1.68. The fraction of sp³-hybridized carbons (Fsp3) is 0.333. The molecule has 20 heavy (non-hydrogen) atoms. The number of hydrogen-bond donors (Lipinski definition) is 2. The smallest absolute Gasteiger partial charge is 0.323 e. The summed E-state index contributed by atoms with van der Waals surface area (Å²) >= 11 is 0. The van der Waals surface area contributed by atoms with E-state index in [2.05, 4.69) is 11.2 Å². The van der Waals surface area contributed by atoms with Gasteiger partial charge in [-0.1, -0.05) is 18.9 Å². The summed E-state index contributed by atoms with van der Waals surface area (Å²) in [5.74, 6) is 1.43. The Hall–Kier alpha value is -2.48. The van der Waals surface area contributed by atoms with E-state index in [4.69, 9.17) is 11.5 Å². The molecule has 2 N–H and O–H groups in total. The number of carboxylic acid groups (broad SMARTS) is 1. The Kier molecular flexibility index (Phi) is 5.60. The van der Waals surface area contributed by atoms with E-state index in [1.54, 1.807) is 31.2 Å². The molecule has 0 heterocycles. The fourth-order valence-corrected chi connectivity index (χ4v) is 1.68. The van der Waals surface area contributed by atoms with Gasteiger partial charge in [0.25, 0.3) is 0 Å². The second-order valence-electron chi connectivity index (χ2n) is 4.43. The minimum atomic E-state index is -1.04. The van der Waals surface area contributed by atoms with Crippen molar-refractivity contribution in [1.82, 2.24) is 4.90 Å². The second-order valence-corrected chi connectivity index (χ2v) is 4.43. The maximum Gasteiger partial charge on any atom is 0.323 e. The van der Waals surface area contributed by atoms with Crippen molar-refractivity contribution in [2.45, 2.75) is 26.3 Å². The van der Waals surface area contributed by atoms with Gasteiger partial charge < -0.3 is 15.3 Å². The molecular formula is C15H18N2O3. The minimum absolute atomic E-state index is 0.165. The molecule has 5 heteroatoms. The number of hydrogen-bond acceptors (Lipinski definition) is 2. The molecule has 1 aromatic carbocycles. The molecule has 0 aromatic heterocycles. The lowest BCUT2D eigenvalue weighted by Crippen LogP contribution is -2.44. The number of amides is 2. The van der Waals surface area contributed by atoms with Crippen molar-refractivity contribution in [3.63, 3.8) is 0 Å². The Morgan fingerprint density at radius 1 is 1.50 bits per heavy atom. The number of nitrogens with one attached hydrogen (secondary N) is 1. The SMILES string of the molecule is C#Cc1cccc(NC(=O)N(CC(=O)O)C(C)CC)c1. The summed E-state index contributed by atoms with van der Waals surface area (Å²) in [5.41, 5.74) is 1.19. The molecule has 0 saturated heterocycles. The monoisotopic (exact) mass is 274 g/mol. The number of aliphatic carboxylic acids is 1. The van der Waals surface area contributed by atoms with E-state index in [-0.39, 0.29) is 12.6 Å². The molecule has 1 unspecified atom stereocenters. The zero-order chi connectivity index (χ0) is 15.1. The number of urea groups is 1. The summed E-state index contributed by atoms with van der Waals surface area (Å²) in [6.45, 7) is 3.36. The largest absolute Gasteiger partial charge is 0.480 e. The van der Waals surface area contributed by atoms with Crippen LogP contribution in [0.4, 0.5) is 10.5 Å². The topological polar surface area (TPSA) is 69.6 Å². The average molecular weight is 274 g/mol. The van der Waals surface area contributed by atoms with Gasteiger partial charge >= 0.3 is 12.0 Å². The van der Waals surface area contributed by atoms with Crippen molar-refractivity contribution in [2.75, 3.05) is 11.9 Å². The first-order valence-electron chi connectivity index (χ1n) is 6.34. The minimum Gasteiger partial charge on any atom is -0.480 e. The summed E-state index contributed by atoms with van der Waals surface area (Å²) in [7, 11) is 0. The van der Waals surface area contributed by atoms with Crippen LogP contribution in [0.15, 0.2) is 24.3 Å². The molecule has 0 bridgehead atoms. The van der Waals surface area contributed by atoms with Crippen molar-refractivity contribution in [3.8, 4) is 12.3 Å². The lowest BCUT2D eigenvalue weighted by molar-refractivity contribution is -0.138. The Morgan fingerprint density at radius 3 is 2.75 bits per heavy atom. The number of carboxylic acids is 1. The Labute approximate surface area is 118 Å². The van der Waals surface area contributed by atoms with Crippen LogP contribution in [0.25, 0.3) is 0 Å². The molecule has 0 fully saturated rings. The number of carbonyl (C=O) groups is 2. The Bertz CT molecular complexity index is 534. The van der Waals surface area contributed by atoms with Crippen molar-refractivity contribution in [2.24, 2.45) is 0 Å². The highest BCUT2D eigenvalue weighted by Crippen LogP contribution is 2.12. The normalized spacial score (nSPS) is 11.2. The molecule has 0 aliphatic heterocycles. The van der Waals surface area contributed by atoms with Crippen molar-refractivity contribution in [1.29, 1.82) is 0 Å². The lowest BCUT2D eigenvalue weighted by atomic mass is 10.2. The third-order valence-corrected chi connectivity index (χ3v) is 2.97. The van der Waals surface area contributed by atoms with Crippen LogP contribution in [-0.4, -0.2) is 34.6 Å². The van der Waals surface area contributed by atoms with E-state index in [0.717, 1.165) is 0 Å². The quantitative estimate of drug-likeness (QED) is 0.810. The number of carbonyl (C=O) groups excluding carboxylic acids is 1. The van der Waals surface area contributed by atoms with E-state index in [9.17, 15) is 9.59 Å². The maximum absolute atomic E-state index is 12.1. The van der Waals surface area contributed by atoms with Crippen molar-refractivity contribution < 1.29 is 14.7 Å². The van der Waals surface area contributed by atoms with Crippen LogP contribution in [0.5, 0.6) is 0 Å². The molecule has 0 aliphatic rings. The first-order chi connectivity index (χ1) is 9.47. The summed E-state index contributed by atoms with van der Waals surface area (Å²) in [6.07, 6.45) is 5.97. The third kappa shape index (κ3) is 4.32. The van der Waals surface area contributed by atoms with Crippen LogP contribution in [0.2, 0.25) is 0 Å². The molecule has 5 nitrogen and oxygen atoms in total. The van der Waals surface area contributed by atoms with Gasteiger partial charge in [-0.3, -0.25) is 4.79 Å². The highest BCUT2D eigenvalue weighted by molar-refractivity contribution is 5.91. The second kappa shape index (κ2) is 7.19. The third-order valence-electron chi connectivity index (χ3n) is 2.97. The first-order valence-corrected chi connectivity index (χ1v) is 6.34. The van der Waals surface area contributed by atoms with E-state index in [0.29, 0.717) is 17.7 Å². The van der Waals surface area contributed by atoms with Gasteiger partial charge in [-0.25, -0.2) is 4.79 Å². The van der Waals surface area contributed by atoms with Crippen LogP contribution >= 0.6 is 0 Å². The van der Waals surface area contributed by atoms with Gasteiger partial charge in [0.2, 0.25) is 0 Å². The molecule has 1 atom stereocenters. The van der Waals surface area contributed by atoms with Gasteiger partial charge in [-0.05, 0) is 31.5 Å². The van der Waals surface area contributed by atoms with E-state index < -0.39 is 12.0 Å². The number of rotatable bonds is 5. The summed E-state index contributed by atoms with van der Waals surface area (Å²) < 4.78 is 0. The Morgan fingerprint density at radius 2 is 2.20 bits per heavy atom. The van der Waals surface area contributed by atoms with Crippen LogP contribution in [0.3, 0.4) is 0 Å². The highest BCUT2D eigenvalue weighted by Gasteiger charge is 2.21. The summed E-state index contributed by atoms with van der Waals surface area (Å²) in [5, 5.41) is 11.5. The Balaban J connectivity index is 2.84. The number of benzene rings is 1. The van der Waals surface area contributed by atoms with E-state index in [1.807, 2.05) is 6.92 Å². The van der Waals surface area contributed by atoms with Crippen LogP contribution in [0.1, 0.15) is 25.8 Å². The summed E-state index contributed by atoms with van der Waals surface area (Å²) in [6, 6.07) is 6.23. The molecule has 1 rings (SSSR count). The van der Waals surface area contributed by atoms with Gasteiger partial charge in [0, 0.05) is 17.3 Å². The average Bonchev–Trinajstić information content (AvgIpc) is 2.43. The molecule has 0 aliphatic carbocycles. The zero-order valence-electron chi connectivity index (χ0n) is 11.6. The van der Waals surface area contributed by atoms with Crippen molar-refractivity contribution >= 4 is 17.7 Å². The number of nitrogens with zero attached hydrogens (tertiary/aromatic N) is 1. The van der Waals surface area contributed by atoms with Gasteiger partial charge in [-0.15, -0.1) is 6.42 Å². The van der Waals surface area contributed by atoms with Crippen LogP contribution in [-0.2, 0) is 4.79 Å². The lowest BCUT2D eigenvalue weighted by Gasteiger charge is -2.27. The number of anilines is 1. The van der Waals surface area contributed by atoms with Gasteiger partial charge in [-0.2, -0.15) is 0 Å². The summed E-state index contributed by atoms with van der Waals surface area (Å²) in [4.78, 5) is 24.3. The van der Waals surface area contributed by atoms with Gasteiger partial charge in [0.1, 0.15) is 6.54 Å². The predicted octanol–water partition coefficient (Wildman–Crippen LogP) is 2.38. The van der Waals surface area contributed by atoms with Gasteiger partial charge in [0.15, 0.2) is 0 Å². The van der Waals surface area contributed by atoms with Crippen molar-refractivity contribution in [3.05, 3.63) is 29.8 Å². The molecule has 0 saturated carbocycles. The number of terminal acetylenes is 1. The molecule has 1 aromatic rings. The zero-order valence-corrected chi connectivity index (χ0v) is 11.6. The molecular weight excluding hydrogens is 256 g/mol. The molecule has 0 radical (unpaired) electrons. The standard InChI is InChI=1S/C15H18N2O3/c1-4-11(3)17(10-14(18)19)15(20)16-13-8-6-7-12(5-2)9-13/h2,6-9,11H,4,10H2,1,3H3,(H,16,20)(H,18,19). The maximum atomic E-state index is 12.1. The van der Waals surface area contributed by atoms with E-state index in [1.165, 1.54) is 4.90 Å². The predicted molar refractivity (Wildman–Crippen MR) is 77.5 cm³/mol. The van der Waals surface area contributed by atoms with Crippen LogP contribution in [0, 0.1) is 12.3 Å². The molecule has 106 valence electrons. The molecule has 2 amide bonds. The van der Waals surface area contributed by atoms with Crippen LogP contribution < -0.4 is 5.32 Å².